The van der Waals surface area contributed by atoms with Crippen LogP contribution in [0.4, 0.5) is 5.82 Å². The van der Waals surface area contributed by atoms with Crippen LogP contribution in [0.25, 0.3) is 5.65 Å². The molecule has 0 radical (unpaired) electrons. The van der Waals surface area contributed by atoms with E-state index in [1.165, 1.54) is 18.0 Å². The van der Waals surface area contributed by atoms with Crippen LogP contribution in [0.1, 0.15) is 15.9 Å². The highest BCUT2D eigenvalue weighted by atomic mass is 32.2. The molecule has 2 N–H and O–H groups in total. The van der Waals surface area contributed by atoms with Gasteiger partial charge in [0, 0.05) is 11.6 Å². The van der Waals surface area contributed by atoms with Gasteiger partial charge in [-0.05, 0) is 6.26 Å². The number of aromatic nitrogens is 3. The van der Waals surface area contributed by atoms with Crippen molar-refractivity contribution in [3.63, 3.8) is 0 Å². The number of hydrogen-bond acceptors (Lipinski definition) is 5. The van der Waals surface area contributed by atoms with Crippen molar-refractivity contribution in [2.24, 2.45) is 0 Å². The Morgan fingerprint density at radius 2 is 2.05 bits per heavy atom. The van der Waals surface area contributed by atoms with Crippen molar-refractivity contribution < 1.29 is 4.79 Å². The molecule has 0 spiro atoms. The van der Waals surface area contributed by atoms with Crippen molar-refractivity contribution in [3.05, 3.63) is 53.7 Å². The minimum absolute atomic E-state index is 0.106. The maximum Gasteiger partial charge on any atom is 0.198 e. The Morgan fingerprint density at radius 3 is 2.75 bits per heavy atom. The summed E-state index contributed by atoms with van der Waals surface area (Å²) in [6.07, 6.45) is 3.46. The average molecular weight is 284 g/mol. The third-order valence-electron chi connectivity index (χ3n) is 2.95. The molecule has 0 bridgehead atoms. The Hall–Kier alpha value is -2.34. The summed E-state index contributed by atoms with van der Waals surface area (Å²) >= 11 is 1.50. The number of nitrogens with zero attached hydrogens (tertiary/aromatic N) is 3. The molecule has 2 heterocycles. The molecule has 100 valence electrons. The van der Waals surface area contributed by atoms with Gasteiger partial charge in [-0.1, -0.05) is 30.3 Å². The smallest absolute Gasteiger partial charge is 0.198 e. The summed E-state index contributed by atoms with van der Waals surface area (Å²) in [5.74, 6) is 0.273. The zero-order valence-electron chi connectivity index (χ0n) is 10.8. The van der Waals surface area contributed by atoms with Gasteiger partial charge in [0.2, 0.25) is 0 Å². The van der Waals surface area contributed by atoms with E-state index in [4.69, 9.17) is 5.73 Å². The van der Waals surface area contributed by atoms with Crippen LogP contribution in [0.15, 0.2) is 47.6 Å². The van der Waals surface area contributed by atoms with Gasteiger partial charge >= 0.3 is 0 Å². The van der Waals surface area contributed by atoms with E-state index in [2.05, 4.69) is 10.1 Å². The van der Waals surface area contributed by atoms with Gasteiger partial charge in [-0.25, -0.2) is 9.50 Å². The number of ketones is 1. The van der Waals surface area contributed by atoms with Crippen molar-refractivity contribution >= 4 is 29.0 Å². The lowest BCUT2D eigenvalue weighted by molar-refractivity contribution is 0.104. The SMILES string of the molecule is CSc1cc(N)nc2c(C(=O)c3ccccc3)cnn12. The van der Waals surface area contributed by atoms with Gasteiger partial charge in [0.05, 0.1) is 11.8 Å². The Kier molecular flexibility index (Phi) is 3.15. The lowest BCUT2D eigenvalue weighted by Crippen LogP contribution is -2.04. The van der Waals surface area contributed by atoms with Crippen molar-refractivity contribution in [3.8, 4) is 0 Å². The normalized spacial score (nSPS) is 10.8. The van der Waals surface area contributed by atoms with Crippen LogP contribution < -0.4 is 5.73 Å². The number of anilines is 1. The second-order valence-electron chi connectivity index (χ2n) is 4.21. The molecule has 20 heavy (non-hydrogen) atoms. The van der Waals surface area contributed by atoms with Crippen molar-refractivity contribution in [1.82, 2.24) is 14.6 Å². The van der Waals surface area contributed by atoms with E-state index in [1.54, 1.807) is 22.7 Å². The molecule has 1 aromatic carbocycles. The van der Waals surface area contributed by atoms with Crippen molar-refractivity contribution in [2.75, 3.05) is 12.0 Å². The highest BCUT2D eigenvalue weighted by Crippen LogP contribution is 2.22. The van der Waals surface area contributed by atoms with E-state index in [9.17, 15) is 4.79 Å². The molecule has 5 nitrogen and oxygen atoms in total. The van der Waals surface area contributed by atoms with Crippen LogP contribution in [-0.4, -0.2) is 26.6 Å². The zero-order valence-corrected chi connectivity index (χ0v) is 11.6. The van der Waals surface area contributed by atoms with Gasteiger partial charge in [0.25, 0.3) is 0 Å². The molecule has 0 aliphatic rings. The second-order valence-corrected chi connectivity index (χ2v) is 5.04. The number of carbonyl (C=O) groups is 1. The molecule has 0 amide bonds. The largest absolute Gasteiger partial charge is 0.384 e. The molecule has 2 aromatic heterocycles. The number of nitrogens with two attached hydrogens (primary N) is 1. The summed E-state index contributed by atoms with van der Waals surface area (Å²) in [6, 6.07) is 10.8. The lowest BCUT2D eigenvalue weighted by atomic mass is 10.1. The lowest BCUT2D eigenvalue weighted by Gasteiger charge is -2.03. The number of fused-ring (bicyclic) bond motifs is 1. The first-order valence-electron chi connectivity index (χ1n) is 5.98. The van der Waals surface area contributed by atoms with Gasteiger partial charge in [-0.15, -0.1) is 11.8 Å². The quantitative estimate of drug-likeness (QED) is 0.454. The summed E-state index contributed by atoms with van der Waals surface area (Å²) in [5.41, 5.74) is 7.35. The van der Waals surface area contributed by atoms with Gasteiger partial charge < -0.3 is 5.73 Å². The van der Waals surface area contributed by atoms with Crippen LogP contribution >= 0.6 is 11.8 Å². The van der Waals surface area contributed by atoms with Crippen LogP contribution in [0, 0.1) is 0 Å². The van der Waals surface area contributed by atoms with E-state index in [1.807, 2.05) is 24.5 Å². The third-order valence-corrected chi connectivity index (χ3v) is 3.66. The molecule has 0 saturated heterocycles. The van der Waals surface area contributed by atoms with Crippen molar-refractivity contribution in [2.45, 2.75) is 5.03 Å². The summed E-state index contributed by atoms with van der Waals surface area (Å²) < 4.78 is 1.64. The standard InChI is InChI=1S/C14H12N4OS/c1-20-12-7-11(15)17-14-10(8-16-18(12)14)13(19)9-5-3-2-4-6-9/h2-8H,1H3,(H2,15,17). The van der Waals surface area contributed by atoms with E-state index in [0.717, 1.165) is 5.03 Å². The first kappa shape index (κ1) is 12.7. The molecule has 0 atom stereocenters. The number of carbonyl (C=O) groups excluding carboxylic acids is 1. The molecule has 0 unspecified atom stereocenters. The van der Waals surface area contributed by atoms with E-state index < -0.39 is 0 Å². The topological polar surface area (TPSA) is 73.3 Å². The Labute approximate surface area is 119 Å². The molecule has 6 heteroatoms. The minimum Gasteiger partial charge on any atom is -0.384 e. The molecule has 3 aromatic rings. The van der Waals surface area contributed by atoms with Gasteiger partial charge in [0.1, 0.15) is 10.8 Å². The third kappa shape index (κ3) is 2.04. The average Bonchev–Trinajstić information content (AvgIpc) is 2.90. The van der Waals surface area contributed by atoms with E-state index >= 15 is 0 Å². The van der Waals surface area contributed by atoms with Gasteiger partial charge in [0.15, 0.2) is 11.4 Å². The highest BCUT2D eigenvalue weighted by molar-refractivity contribution is 7.98. The number of benzene rings is 1. The van der Waals surface area contributed by atoms with Gasteiger partial charge in [-0.2, -0.15) is 5.10 Å². The summed E-state index contributed by atoms with van der Waals surface area (Å²) in [6.45, 7) is 0. The van der Waals surface area contributed by atoms with Gasteiger partial charge in [-0.3, -0.25) is 4.79 Å². The van der Waals surface area contributed by atoms with E-state index in [0.29, 0.717) is 22.6 Å². The fraction of sp³-hybridized carbons (Fsp3) is 0.0714. The molecule has 0 fully saturated rings. The Morgan fingerprint density at radius 1 is 1.30 bits per heavy atom. The number of nitrogen functional groups attached to an aromatic ring is 1. The monoisotopic (exact) mass is 284 g/mol. The molecular weight excluding hydrogens is 272 g/mol. The minimum atomic E-state index is -0.106. The molecule has 3 rings (SSSR count). The molecule has 0 saturated carbocycles. The predicted molar refractivity (Wildman–Crippen MR) is 79.1 cm³/mol. The molecule has 0 aliphatic carbocycles. The number of thioether (sulfide) groups is 1. The summed E-state index contributed by atoms with van der Waals surface area (Å²) in [7, 11) is 0. The number of rotatable bonds is 3. The fourth-order valence-electron chi connectivity index (χ4n) is 2.00. The van der Waals surface area contributed by atoms with Crippen LogP contribution in [-0.2, 0) is 0 Å². The van der Waals surface area contributed by atoms with Crippen LogP contribution in [0.2, 0.25) is 0 Å². The molecule has 0 aliphatic heterocycles. The van der Waals surface area contributed by atoms with E-state index in [-0.39, 0.29) is 5.78 Å². The maximum absolute atomic E-state index is 12.5. The second kappa shape index (κ2) is 4.97. The fourth-order valence-corrected chi connectivity index (χ4v) is 2.55. The Bertz CT molecular complexity index is 782. The van der Waals surface area contributed by atoms with Crippen LogP contribution in [0.5, 0.6) is 0 Å². The number of hydrogen-bond donors (Lipinski definition) is 1. The summed E-state index contributed by atoms with van der Waals surface area (Å²) in [4.78, 5) is 16.7. The Balaban J connectivity index is 2.18. The predicted octanol–water partition coefficient (Wildman–Crippen LogP) is 2.26. The first-order valence-corrected chi connectivity index (χ1v) is 7.21. The highest BCUT2D eigenvalue weighted by Gasteiger charge is 2.17. The van der Waals surface area contributed by atoms with Crippen LogP contribution in [0.3, 0.4) is 0 Å². The van der Waals surface area contributed by atoms with Crippen molar-refractivity contribution in [1.29, 1.82) is 0 Å². The summed E-state index contributed by atoms with van der Waals surface area (Å²) in [5, 5.41) is 5.08. The molecular formula is C14H12N4OS. The maximum atomic E-state index is 12.5. The zero-order chi connectivity index (χ0) is 14.1. The first-order chi connectivity index (χ1) is 9.70.